The van der Waals surface area contributed by atoms with Gasteiger partial charge in [0.15, 0.2) is 0 Å². The lowest BCUT2D eigenvalue weighted by atomic mass is 9.96. The first-order valence-electron chi connectivity index (χ1n) is 3.43. The van der Waals surface area contributed by atoms with Crippen molar-refractivity contribution in [1.29, 1.82) is 0 Å². The maximum Gasteiger partial charge on any atom is 0.0745 e. The smallest absolute Gasteiger partial charge is 0.0745 e. The van der Waals surface area contributed by atoms with Crippen molar-refractivity contribution >= 4 is 22.1 Å². The molecule has 0 N–H and O–H groups in total. The highest BCUT2D eigenvalue weighted by Crippen LogP contribution is 2.28. The van der Waals surface area contributed by atoms with Crippen molar-refractivity contribution in [3.05, 3.63) is 22.7 Å². The molecule has 2 atom stereocenters. The Labute approximate surface area is 68.7 Å². The van der Waals surface area contributed by atoms with Crippen LogP contribution >= 0.6 is 15.9 Å². The molecule has 0 aromatic rings. The maximum absolute atomic E-state index is 4.31. The standard InChI is InChI=1S/C8H8BrN/c9-7-1-2-8-6(5-7)3-4-10-8/h1-2,4-6,8H,3H2. The van der Waals surface area contributed by atoms with E-state index in [9.17, 15) is 0 Å². The summed E-state index contributed by atoms with van der Waals surface area (Å²) in [7, 11) is 0. The van der Waals surface area contributed by atoms with E-state index in [0.717, 1.165) is 6.42 Å². The van der Waals surface area contributed by atoms with E-state index in [0.29, 0.717) is 12.0 Å². The largest absolute Gasteiger partial charge is 0.289 e. The SMILES string of the molecule is BrC1=CC2CC=NC2C=C1. The highest BCUT2D eigenvalue weighted by atomic mass is 79.9. The van der Waals surface area contributed by atoms with Crippen LogP contribution in [0.5, 0.6) is 0 Å². The van der Waals surface area contributed by atoms with Gasteiger partial charge in [0.1, 0.15) is 0 Å². The number of nitrogens with zero attached hydrogens (tertiary/aromatic N) is 1. The monoisotopic (exact) mass is 197 g/mol. The molecule has 2 heteroatoms. The number of hydrogen-bond acceptors (Lipinski definition) is 1. The summed E-state index contributed by atoms with van der Waals surface area (Å²) >= 11 is 3.44. The van der Waals surface area contributed by atoms with Crippen molar-refractivity contribution < 1.29 is 0 Å². The van der Waals surface area contributed by atoms with Gasteiger partial charge in [-0.2, -0.15) is 0 Å². The van der Waals surface area contributed by atoms with Crippen LogP contribution in [0, 0.1) is 5.92 Å². The van der Waals surface area contributed by atoms with E-state index in [1.54, 1.807) is 0 Å². The lowest BCUT2D eigenvalue weighted by Crippen LogP contribution is -2.11. The lowest BCUT2D eigenvalue weighted by molar-refractivity contribution is 0.636. The molecule has 1 aliphatic carbocycles. The van der Waals surface area contributed by atoms with Crippen molar-refractivity contribution in [3.63, 3.8) is 0 Å². The second-order valence-corrected chi connectivity index (χ2v) is 3.55. The third kappa shape index (κ3) is 0.966. The summed E-state index contributed by atoms with van der Waals surface area (Å²) in [6, 6.07) is 0.432. The van der Waals surface area contributed by atoms with Gasteiger partial charge in [0, 0.05) is 16.6 Å². The number of allylic oxidation sites excluding steroid dienone is 2. The Kier molecular flexibility index (Phi) is 1.49. The van der Waals surface area contributed by atoms with Crippen molar-refractivity contribution in [2.24, 2.45) is 10.9 Å². The van der Waals surface area contributed by atoms with Crippen LogP contribution < -0.4 is 0 Å². The molecule has 0 fully saturated rings. The average molecular weight is 198 g/mol. The van der Waals surface area contributed by atoms with Crippen molar-refractivity contribution in [3.8, 4) is 0 Å². The first-order valence-corrected chi connectivity index (χ1v) is 4.23. The molecular weight excluding hydrogens is 190 g/mol. The molecule has 2 aliphatic rings. The summed E-state index contributed by atoms with van der Waals surface area (Å²) in [5.74, 6) is 0.624. The Hall–Kier alpha value is -0.370. The minimum absolute atomic E-state index is 0.432. The second-order valence-electron chi connectivity index (χ2n) is 2.63. The summed E-state index contributed by atoms with van der Waals surface area (Å²) < 4.78 is 1.19. The van der Waals surface area contributed by atoms with Gasteiger partial charge in [0.05, 0.1) is 6.04 Å². The van der Waals surface area contributed by atoms with Crippen molar-refractivity contribution in [2.75, 3.05) is 0 Å². The third-order valence-electron chi connectivity index (χ3n) is 1.92. The maximum atomic E-state index is 4.31. The molecule has 2 rings (SSSR count). The van der Waals surface area contributed by atoms with Gasteiger partial charge in [-0.25, -0.2) is 0 Å². The van der Waals surface area contributed by atoms with Crippen molar-refractivity contribution in [1.82, 2.24) is 0 Å². The number of halogens is 1. The van der Waals surface area contributed by atoms with Gasteiger partial charge < -0.3 is 0 Å². The molecule has 0 amide bonds. The summed E-state index contributed by atoms with van der Waals surface area (Å²) in [6.07, 6.45) is 9.58. The summed E-state index contributed by atoms with van der Waals surface area (Å²) in [5.41, 5.74) is 0. The number of hydrogen-bond donors (Lipinski definition) is 0. The fourth-order valence-electron chi connectivity index (χ4n) is 1.36. The number of aliphatic imine (C=N–C) groups is 1. The molecule has 0 bridgehead atoms. The summed E-state index contributed by atoms with van der Waals surface area (Å²) in [5, 5.41) is 0. The normalized spacial score (nSPS) is 35.9. The molecule has 1 heterocycles. The van der Waals surface area contributed by atoms with E-state index in [2.05, 4.69) is 39.2 Å². The topological polar surface area (TPSA) is 12.4 Å². The molecule has 0 aromatic heterocycles. The Balaban J connectivity index is 2.25. The summed E-state index contributed by atoms with van der Waals surface area (Å²) in [4.78, 5) is 4.31. The van der Waals surface area contributed by atoms with Gasteiger partial charge >= 0.3 is 0 Å². The van der Waals surface area contributed by atoms with Crippen LogP contribution in [-0.4, -0.2) is 12.3 Å². The highest BCUT2D eigenvalue weighted by molar-refractivity contribution is 9.11. The Bertz CT molecular complexity index is 227. The fourth-order valence-corrected chi connectivity index (χ4v) is 1.86. The molecule has 10 heavy (non-hydrogen) atoms. The van der Waals surface area contributed by atoms with E-state index in [-0.39, 0.29) is 0 Å². The Morgan fingerprint density at radius 1 is 1.60 bits per heavy atom. The van der Waals surface area contributed by atoms with Gasteiger partial charge in [-0.05, 0) is 6.42 Å². The zero-order valence-electron chi connectivity index (χ0n) is 5.50. The first kappa shape index (κ1) is 6.35. The zero-order valence-corrected chi connectivity index (χ0v) is 7.08. The quantitative estimate of drug-likeness (QED) is 0.566. The van der Waals surface area contributed by atoms with Gasteiger partial charge in [0.2, 0.25) is 0 Å². The Morgan fingerprint density at radius 3 is 3.40 bits per heavy atom. The molecule has 1 nitrogen and oxygen atoms in total. The molecule has 2 unspecified atom stereocenters. The van der Waals surface area contributed by atoms with E-state index >= 15 is 0 Å². The molecule has 1 aliphatic heterocycles. The van der Waals surface area contributed by atoms with E-state index in [1.165, 1.54) is 4.48 Å². The van der Waals surface area contributed by atoms with Gasteiger partial charge in [-0.3, -0.25) is 4.99 Å². The molecule has 0 radical (unpaired) electrons. The second kappa shape index (κ2) is 2.35. The third-order valence-corrected chi connectivity index (χ3v) is 2.45. The van der Waals surface area contributed by atoms with Gasteiger partial charge in [-0.1, -0.05) is 34.2 Å². The highest BCUT2D eigenvalue weighted by Gasteiger charge is 2.21. The van der Waals surface area contributed by atoms with Crippen LogP contribution in [0.4, 0.5) is 0 Å². The van der Waals surface area contributed by atoms with Crippen LogP contribution in [-0.2, 0) is 0 Å². The number of fused-ring (bicyclic) bond motifs is 1. The molecule has 0 saturated heterocycles. The first-order chi connectivity index (χ1) is 4.86. The fraction of sp³-hybridized carbons (Fsp3) is 0.375. The zero-order chi connectivity index (χ0) is 6.97. The van der Waals surface area contributed by atoms with E-state index in [1.807, 2.05) is 6.21 Å². The molecule has 52 valence electrons. The molecular formula is C8H8BrN. The molecule has 0 aromatic carbocycles. The van der Waals surface area contributed by atoms with Crippen LogP contribution in [0.25, 0.3) is 0 Å². The number of rotatable bonds is 0. The van der Waals surface area contributed by atoms with Crippen LogP contribution in [0.15, 0.2) is 27.7 Å². The van der Waals surface area contributed by atoms with Crippen LogP contribution in [0.3, 0.4) is 0 Å². The minimum atomic E-state index is 0.432. The lowest BCUT2D eigenvalue weighted by Gasteiger charge is -2.14. The van der Waals surface area contributed by atoms with Gasteiger partial charge in [0.25, 0.3) is 0 Å². The van der Waals surface area contributed by atoms with E-state index < -0.39 is 0 Å². The predicted octanol–water partition coefficient (Wildman–Crippen LogP) is 2.29. The average Bonchev–Trinajstić information content (AvgIpc) is 2.33. The minimum Gasteiger partial charge on any atom is -0.289 e. The van der Waals surface area contributed by atoms with Crippen LogP contribution in [0.2, 0.25) is 0 Å². The van der Waals surface area contributed by atoms with Crippen LogP contribution in [0.1, 0.15) is 6.42 Å². The molecule has 0 saturated carbocycles. The van der Waals surface area contributed by atoms with Gasteiger partial charge in [-0.15, -0.1) is 0 Å². The Morgan fingerprint density at radius 2 is 2.50 bits per heavy atom. The predicted molar refractivity (Wildman–Crippen MR) is 46.5 cm³/mol. The molecule has 0 spiro atoms. The van der Waals surface area contributed by atoms with E-state index in [4.69, 9.17) is 0 Å². The summed E-state index contributed by atoms with van der Waals surface area (Å²) in [6.45, 7) is 0. The van der Waals surface area contributed by atoms with Crippen molar-refractivity contribution in [2.45, 2.75) is 12.5 Å².